The highest BCUT2D eigenvalue weighted by molar-refractivity contribution is 4.66. The van der Waals surface area contributed by atoms with Crippen LogP contribution >= 0.6 is 0 Å². The van der Waals surface area contributed by atoms with Gasteiger partial charge in [-0.1, -0.05) is 6.92 Å². The molecule has 1 saturated heterocycles. The molecule has 4 heteroatoms. The van der Waals surface area contributed by atoms with Crippen molar-refractivity contribution in [1.29, 1.82) is 0 Å². The first-order valence-corrected chi connectivity index (χ1v) is 6.24. The Kier molecular flexibility index (Phi) is 6.96. The molecule has 1 rings (SSSR count). The van der Waals surface area contributed by atoms with E-state index in [-0.39, 0.29) is 6.29 Å². The van der Waals surface area contributed by atoms with Crippen LogP contribution in [0.3, 0.4) is 0 Å². The van der Waals surface area contributed by atoms with Gasteiger partial charge in [0, 0.05) is 26.1 Å². The van der Waals surface area contributed by atoms with E-state index in [1.165, 1.54) is 0 Å². The lowest BCUT2D eigenvalue weighted by Gasteiger charge is -2.30. The summed E-state index contributed by atoms with van der Waals surface area (Å²) in [6.07, 6.45) is 1.97. The second kappa shape index (κ2) is 8.01. The summed E-state index contributed by atoms with van der Waals surface area (Å²) >= 11 is 0. The van der Waals surface area contributed by atoms with E-state index in [9.17, 15) is 0 Å². The van der Waals surface area contributed by atoms with E-state index in [0.717, 1.165) is 45.8 Å². The summed E-state index contributed by atoms with van der Waals surface area (Å²) in [5.41, 5.74) is 0. The maximum absolute atomic E-state index is 5.53. The molecule has 0 spiro atoms. The third-order valence-corrected chi connectivity index (χ3v) is 2.99. The number of hydrogen-bond donors (Lipinski definition) is 0. The monoisotopic (exact) mass is 231 g/mol. The maximum Gasteiger partial charge on any atom is 0.158 e. The zero-order valence-electron chi connectivity index (χ0n) is 10.8. The molecule has 1 aliphatic heterocycles. The van der Waals surface area contributed by atoms with Crippen LogP contribution in [0.4, 0.5) is 0 Å². The molecule has 96 valence electrons. The van der Waals surface area contributed by atoms with Gasteiger partial charge in [0.15, 0.2) is 6.29 Å². The summed E-state index contributed by atoms with van der Waals surface area (Å²) < 4.78 is 16.2. The van der Waals surface area contributed by atoms with Gasteiger partial charge in [-0.3, -0.25) is 4.90 Å². The average molecular weight is 231 g/mol. The van der Waals surface area contributed by atoms with Crippen LogP contribution in [0.1, 0.15) is 26.7 Å². The molecule has 0 aromatic carbocycles. The summed E-state index contributed by atoms with van der Waals surface area (Å²) in [4.78, 5) is 2.39. The molecule has 16 heavy (non-hydrogen) atoms. The summed E-state index contributed by atoms with van der Waals surface area (Å²) in [7, 11) is 1.75. The highest BCUT2D eigenvalue weighted by atomic mass is 16.7. The van der Waals surface area contributed by atoms with Gasteiger partial charge in [0.25, 0.3) is 0 Å². The third-order valence-electron chi connectivity index (χ3n) is 2.99. The van der Waals surface area contributed by atoms with E-state index in [1.807, 2.05) is 0 Å². The first kappa shape index (κ1) is 13.9. The number of rotatable bonds is 7. The zero-order valence-corrected chi connectivity index (χ0v) is 10.8. The van der Waals surface area contributed by atoms with Crippen molar-refractivity contribution in [1.82, 2.24) is 4.90 Å². The van der Waals surface area contributed by atoms with Gasteiger partial charge in [-0.05, 0) is 19.9 Å². The van der Waals surface area contributed by atoms with Crippen LogP contribution < -0.4 is 0 Å². The fourth-order valence-corrected chi connectivity index (χ4v) is 2.01. The van der Waals surface area contributed by atoms with Crippen molar-refractivity contribution in [2.75, 3.05) is 40.0 Å². The van der Waals surface area contributed by atoms with Crippen molar-refractivity contribution in [3.63, 3.8) is 0 Å². The third kappa shape index (κ3) is 4.78. The van der Waals surface area contributed by atoms with Crippen LogP contribution in [-0.4, -0.2) is 57.3 Å². The van der Waals surface area contributed by atoms with E-state index >= 15 is 0 Å². The largest absolute Gasteiger partial charge is 0.383 e. The van der Waals surface area contributed by atoms with E-state index in [4.69, 9.17) is 14.2 Å². The predicted molar refractivity (Wildman–Crippen MR) is 63.5 cm³/mol. The Morgan fingerprint density at radius 3 is 2.62 bits per heavy atom. The first-order chi connectivity index (χ1) is 7.77. The number of methoxy groups -OCH3 is 1. The molecule has 0 N–H and O–H groups in total. The molecule has 0 bridgehead atoms. The van der Waals surface area contributed by atoms with Crippen LogP contribution in [0.2, 0.25) is 0 Å². The van der Waals surface area contributed by atoms with Crippen LogP contribution in [0.15, 0.2) is 0 Å². The number of ether oxygens (including phenoxy) is 3. The minimum Gasteiger partial charge on any atom is -0.383 e. The fourth-order valence-electron chi connectivity index (χ4n) is 2.01. The van der Waals surface area contributed by atoms with Crippen molar-refractivity contribution in [3.8, 4) is 0 Å². The molecule has 0 aliphatic carbocycles. The smallest absolute Gasteiger partial charge is 0.158 e. The quantitative estimate of drug-likeness (QED) is 0.664. The average Bonchev–Trinajstić information content (AvgIpc) is 2.31. The second-order valence-electron chi connectivity index (χ2n) is 4.25. The molecular formula is C12H25NO3. The second-order valence-corrected chi connectivity index (χ2v) is 4.25. The molecule has 4 nitrogen and oxygen atoms in total. The molecule has 0 radical (unpaired) electrons. The molecule has 1 unspecified atom stereocenters. The molecule has 0 saturated carbocycles. The molecule has 0 amide bonds. The van der Waals surface area contributed by atoms with E-state index in [2.05, 4.69) is 18.7 Å². The van der Waals surface area contributed by atoms with Crippen LogP contribution in [0.25, 0.3) is 0 Å². The topological polar surface area (TPSA) is 30.9 Å². The van der Waals surface area contributed by atoms with E-state index in [1.54, 1.807) is 7.11 Å². The summed E-state index contributed by atoms with van der Waals surface area (Å²) in [6, 6.07) is 0.457. The summed E-state index contributed by atoms with van der Waals surface area (Å²) in [5, 5.41) is 0. The van der Waals surface area contributed by atoms with Gasteiger partial charge in [0.05, 0.1) is 19.8 Å². The first-order valence-electron chi connectivity index (χ1n) is 6.24. The molecule has 1 fully saturated rings. The Morgan fingerprint density at radius 1 is 1.38 bits per heavy atom. The number of nitrogens with zero attached hydrogens (tertiary/aromatic N) is 1. The molecular weight excluding hydrogens is 206 g/mol. The lowest BCUT2D eigenvalue weighted by atomic mass is 10.2. The van der Waals surface area contributed by atoms with Crippen molar-refractivity contribution in [2.24, 2.45) is 0 Å². The number of likely N-dealkylation sites (N-methyl/N-ethyl adjacent to an activating group) is 1. The van der Waals surface area contributed by atoms with Crippen molar-refractivity contribution in [2.45, 2.75) is 39.0 Å². The standard InChI is InChI=1S/C12H25NO3/c1-4-13(11(2)10-14-3)7-6-12-15-8-5-9-16-12/h11-12H,4-10H2,1-3H3. The highest BCUT2D eigenvalue weighted by Crippen LogP contribution is 2.10. The van der Waals surface area contributed by atoms with Crippen molar-refractivity contribution in [3.05, 3.63) is 0 Å². The van der Waals surface area contributed by atoms with Crippen LogP contribution in [-0.2, 0) is 14.2 Å². The normalized spacial score (nSPS) is 20.2. The Morgan fingerprint density at radius 2 is 2.06 bits per heavy atom. The Balaban J connectivity index is 2.21. The van der Waals surface area contributed by atoms with Gasteiger partial charge >= 0.3 is 0 Å². The maximum atomic E-state index is 5.53. The molecule has 1 aliphatic rings. The molecule has 1 heterocycles. The van der Waals surface area contributed by atoms with Gasteiger partial charge in [-0.25, -0.2) is 0 Å². The van der Waals surface area contributed by atoms with Crippen molar-refractivity contribution >= 4 is 0 Å². The highest BCUT2D eigenvalue weighted by Gasteiger charge is 2.17. The van der Waals surface area contributed by atoms with Gasteiger partial charge in [0.1, 0.15) is 0 Å². The van der Waals surface area contributed by atoms with E-state index in [0.29, 0.717) is 6.04 Å². The predicted octanol–water partition coefficient (Wildman–Crippen LogP) is 1.50. The molecule has 1 atom stereocenters. The summed E-state index contributed by atoms with van der Waals surface area (Å²) in [6.45, 7) is 8.86. The van der Waals surface area contributed by atoms with Crippen molar-refractivity contribution < 1.29 is 14.2 Å². The number of hydrogen-bond acceptors (Lipinski definition) is 4. The zero-order chi connectivity index (χ0) is 11.8. The Bertz CT molecular complexity index is 172. The molecule has 0 aromatic heterocycles. The SMILES string of the molecule is CCN(CCC1OCCCO1)C(C)COC. The van der Waals surface area contributed by atoms with Crippen LogP contribution in [0, 0.1) is 0 Å². The van der Waals surface area contributed by atoms with Gasteiger partial charge in [0.2, 0.25) is 0 Å². The lowest BCUT2D eigenvalue weighted by molar-refractivity contribution is -0.183. The summed E-state index contributed by atoms with van der Waals surface area (Å²) in [5.74, 6) is 0. The van der Waals surface area contributed by atoms with Gasteiger partial charge in [-0.15, -0.1) is 0 Å². The van der Waals surface area contributed by atoms with Crippen LogP contribution in [0.5, 0.6) is 0 Å². The molecule has 0 aromatic rings. The lowest BCUT2D eigenvalue weighted by Crippen LogP contribution is -2.39. The fraction of sp³-hybridized carbons (Fsp3) is 1.00. The van der Waals surface area contributed by atoms with Gasteiger partial charge in [-0.2, -0.15) is 0 Å². The van der Waals surface area contributed by atoms with Gasteiger partial charge < -0.3 is 14.2 Å². The Hall–Kier alpha value is -0.160. The Labute approximate surface area is 98.8 Å². The minimum atomic E-state index is -0.00227. The van der Waals surface area contributed by atoms with E-state index < -0.39 is 0 Å². The minimum absolute atomic E-state index is 0.00227.